The second-order valence-electron chi connectivity index (χ2n) is 6.79. The smallest absolute Gasteiger partial charge is 0.268 e. The van der Waals surface area contributed by atoms with Crippen molar-refractivity contribution in [3.05, 3.63) is 64.0 Å². The number of benzene rings is 2. The number of hydrogen-bond donors (Lipinski definition) is 0. The van der Waals surface area contributed by atoms with Gasteiger partial charge in [0.2, 0.25) is 0 Å². The van der Waals surface area contributed by atoms with Gasteiger partial charge in [0.15, 0.2) is 11.9 Å². The summed E-state index contributed by atoms with van der Waals surface area (Å²) in [5, 5.41) is 0.988. The number of fused-ring (bicyclic) bond motifs is 1. The second-order valence-corrected chi connectivity index (χ2v) is 8.20. The van der Waals surface area contributed by atoms with Crippen molar-refractivity contribution in [1.82, 2.24) is 4.98 Å². The van der Waals surface area contributed by atoms with E-state index in [1.54, 1.807) is 30.4 Å². The van der Waals surface area contributed by atoms with Crippen LogP contribution in [-0.2, 0) is 4.79 Å². The molecule has 1 aliphatic heterocycles. The number of ketones is 1. The minimum atomic E-state index is -0.634. The molecule has 3 aromatic rings. The first-order valence-electron chi connectivity index (χ1n) is 9.09. The highest BCUT2D eigenvalue weighted by Crippen LogP contribution is 2.38. The Morgan fingerprint density at radius 2 is 1.93 bits per heavy atom. The van der Waals surface area contributed by atoms with Crippen LogP contribution in [0.4, 0.5) is 5.69 Å². The molecule has 1 atom stereocenters. The van der Waals surface area contributed by atoms with Crippen molar-refractivity contribution in [2.75, 3.05) is 11.4 Å². The van der Waals surface area contributed by atoms with Crippen molar-refractivity contribution in [3.8, 4) is 17.0 Å². The normalized spacial score (nSPS) is 15.9. The fourth-order valence-corrected chi connectivity index (χ4v) is 4.21. The Hall–Kier alpha value is -2.99. The van der Waals surface area contributed by atoms with Gasteiger partial charge in [-0.3, -0.25) is 14.5 Å². The summed E-state index contributed by atoms with van der Waals surface area (Å²) in [5.74, 6) is 0.265. The second kappa shape index (κ2) is 7.20. The van der Waals surface area contributed by atoms with E-state index in [9.17, 15) is 9.59 Å². The fraction of sp³-hybridized carbons (Fsp3) is 0.227. The van der Waals surface area contributed by atoms with Crippen LogP contribution in [0.15, 0.2) is 48.5 Å². The molecule has 142 valence electrons. The molecule has 28 heavy (non-hydrogen) atoms. The highest BCUT2D eigenvalue weighted by atomic mass is 32.1. The van der Waals surface area contributed by atoms with E-state index in [-0.39, 0.29) is 18.2 Å². The number of hydrogen-bond acceptors (Lipinski definition) is 5. The monoisotopic (exact) mass is 392 g/mol. The maximum atomic E-state index is 12.8. The third-order valence-corrected chi connectivity index (χ3v) is 5.63. The summed E-state index contributed by atoms with van der Waals surface area (Å²) in [6, 6.07) is 14.7. The van der Waals surface area contributed by atoms with Gasteiger partial charge in [0.1, 0.15) is 5.75 Å². The molecule has 0 N–H and O–H groups in total. The molecule has 4 rings (SSSR count). The zero-order chi connectivity index (χ0) is 19.8. The van der Waals surface area contributed by atoms with Crippen LogP contribution in [0.2, 0.25) is 0 Å². The number of thiazole rings is 1. The molecular weight excluding hydrogens is 372 g/mol. The number of aromatic nitrogens is 1. The Kier molecular flexibility index (Phi) is 4.73. The number of aryl methyl sites for hydroxylation is 2. The lowest BCUT2D eigenvalue weighted by molar-refractivity contribution is -0.125. The zero-order valence-corrected chi connectivity index (χ0v) is 16.7. The SMILES string of the molecule is Cc1nc(-c2ccc3c(c2)N(CC(=O)c2ccccc2)C(=O)C(C)O3)c(C)s1. The van der Waals surface area contributed by atoms with Gasteiger partial charge in [0.05, 0.1) is 22.9 Å². The molecule has 1 amide bonds. The number of rotatable bonds is 4. The maximum Gasteiger partial charge on any atom is 0.268 e. The van der Waals surface area contributed by atoms with Gasteiger partial charge in [-0.1, -0.05) is 30.3 Å². The number of nitrogens with zero attached hydrogens (tertiary/aromatic N) is 2. The van der Waals surface area contributed by atoms with Crippen LogP contribution in [0.1, 0.15) is 27.2 Å². The first-order chi connectivity index (χ1) is 13.4. The van der Waals surface area contributed by atoms with Gasteiger partial charge >= 0.3 is 0 Å². The summed E-state index contributed by atoms with van der Waals surface area (Å²) in [7, 11) is 0. The molecule has 0 fully saturated rings. The lowest BCUT2D eigenvalue weighted by atomic mass is 10.1. The summed E-state index contributed by atoms with van der Waals surface area (Å²) in [4.78, 5) is 32.8. The van der Waals surface area contributed by atoms with Gasteiger partial charge in [-0.2, -0.15) is 0 Å². The molecule has 2 heterocycles. The van der Waals surface area contributed by atoms with Crippen LogP contribution in [0.5, 0.6) is 5.75 Å². The standard InChI is InChI=1S/C22H20N2O3S/c1-13-22(26)24(12-19(25)16-7-5-4-6-8-16)18-11-17(9-10-20(18)27-13)21-14(2)28-15(3)23-21/h4-11,13H,12H2,1-3H3. The maximum absolute atomic E-state index is 12.8. The topological polar surface area (TPSA) is 59.5 Å². The summed E-state index contributed by atoms with van der Waals surface area (Å²) < 4.78 is 5.77. The number of anilines is 1. The Labute approximate surface area is 167 Å². The van der Waals surface area contributed by atoms with Gasteiger partial charge in [-0.15, -0.1) is 11.3 Å². The lowest BCUT2D eigenvalue weighted by Crippen LogP contribution is -2.46. The quantitative estimate of drug-likeness (QED) is 0.617. The molecule has 0 spiro atoms. The zero-order valence-electron chi connectivity index (χ0n) is 15.9. The predicted octanol–water partition coefficient (Wildman–Crippen LogP) is 4.42. The van der Waals surface area contributed by atoms with E-state index in [4.69, 9.17) is 4.74 Å². The van der Waals surface area contributed by atoms with Crippen molar-refractivity contribution < 1.29 is 14.3 Å². The number of Topliss-reactive ketones (excluding diaryl/α,β-unsaturated/α-hetero) is 1. The minimum absolute atomic E-state index is 0.0257. The molecule has 0 aliphatic carbocycles. The van der Waals surface area contributed by atoms with Gasteiger partial charge in [-0.25, -0.2) is 4.98 Å². The van der Waals surface area contributed by atoms with Gasteiger partial charge in [-0.05, 0) is 39.0 Å². The number of carbonyl (C=O) groups excluding carboxylic acids is 2. The van der Waals surface area contributed by atoms with Crippen LogP contribution in [0.25, 0.3) is 11.3 Å². The molecule has 2 aromatic carbocycles. The molecule has 0 bridgehead atoms. The Morgan fingerprint density at radius 3 is 2.61 bits per heavy atom. The molecule has 5 nitrogen and oxygen atoms in total. The van der Waals surface area contributed by atoms with Crippen LogP contribution in [0.3, 0.4) is 0 Å². The Balaban J connectivity index is 1.73. The van der Waals surface area contributed by atoms with Crippen LogP contribution < -0.4 is 9.64 Å². The summed E-state index contributed by atoms with van der Waals surface area (Å²) in [6.45, 7) is 5.67. The third kappa shape index (κ3) is 3.31. The Morgan fingerprint density at radius 1 is 1.18 bits per heavy atom. The largest absolute Gasteiger partial charge is 0.479 e. The highest BCUT2D eigenvalue weighted by Gasteiger charge is 2.33. The van der Waals surface area contributed by atoms with E-state index >= 15 is 0 Å². The van der Waals surface area contributed by atoms with Crippen LogP contribution in [0, 0.1) is 13.8 Å². The van der Waals surface area contributed by atoms with Crippen LogP contribution >= 0.6 is 11.3 Å². The van der Waals surface area contributed by atoms with Crippen LogP contribution in [-0.4, -0.2) is 29.3 Å². The first-order valence-corrected chi connectivity index (χ1v) is 9.90. The van der Waals surface area contributed by atoms with E-state index in [1.165, 1.54) is 4.90 Å². The Bertz CT molecular complexity index is 1060. The number of ether oxygens (including phenoxy) is 1. The average Bonchev–Trinajstić information content (AvgIpc) is 3.03. The fourth-order valence-electron chi connectivity index (χ4n) is 3.37. The van der Waals surface area contributed by atoms with Crippen molar-refractivity contribution in [2.24, 2.45) is 0 Å². The van der Waals surface area contributed by atoms with Gasteiger partial charge in [0, 0.05) is 16.0 Å². The molecule has 6 heteroatoms. The van der Waals surface area contributed by atoms with Crippen molar-refractivity contribution in [3.63, 3.8) is 0 Å². The number of carbonyl (C=O) groups is 2. The van der Waals surface area contributed by atoms with E-state index in [0.29, 0.717) is 17.0 Å². The predicted molar refractivity (Wildman–Crippen MR) is 110 cm³/mol. The molecule has 1 aliphatic rings. The number of amides is 1. The minimum Gasteiger partial charge on any atom is -0.479 e. The van der Waals surface area contributed by atoms with Crippen molar-refractivity contribution in [2.45, 2.75) is 26.9 Å². The van der Waals surface area contributed by atoms with E-state index < -0.39 is 6.10 Å². The van der Waals surface area contributed by atoms with Gasteiger partial charge < -0.3 is 4.74 Å². The van der Waals surface area contributed by atoms with E-state index in [2.05, 4.69) is 4.98 Å². The average molecular weight is 392 g/mol. The lowest BCUT2D eigenvalue weighted by Gasteiger charge is -2.33. The molecule has 1 aromatic heterocycles. The van der Waals surface area contributed by atoms with E-state index in [1.807, 2.05) is 50.2 Å². The summed E-state index contributed by atoms with van der Waals surface area (Å²) in [5.41, 5.74) is 2.99. The first kappa shape index (κ1) is 18.4. The highest BCUT2D eigenvalue weighted by molar-refractivity contribution is 7.11. The van der Waals surface area contributed by atoms with Gasteiger partial charge in [0.25, 0.3) is 5.91 Å². The van der Waals surface area contributed by atoms with Crippen molar-refractivity contribution in [1.29, 1.82) is 0 Å². The van der Waals surface area contributed by atoms with Crippen molar-refractivity contribution >= 4 is 28.7 Å². The summed E-state index contributed by atoms with van der Waals surface area (Å²) >= 11 is 1.63. The molecule has 0 saturated heterocycles. The third-order valence-electron chi connectivity index (χ3n) is 4.74. The van der Waals surface area contributed by atoms with E-state index in [0.717, 1.165) is 21.1 Å². The molecule has 0 radical (unpaired) electrons. The molecule has 1 unspecified atom stereocenters. The molecular formula is C22H20N2O3S. The molecule has 0 saturated carbocycles. The summed E-state index contributed by atoms with van der Waals surface area (Å²) in [6.07, 6.45) is -0.634.